The number of nitrogens with one attached hydrogen (secondary N) is 1. The zero-order valence-electron chi connectivity index (χ0n) is 10.6. The van der Waals surface area contributed by atoms with Gasteiger partial charge in [-0.2, -0.15) is 4.98 Å². The topological polar surface area (TPSA) is 63.8 Å². The van der Waals surface area contributed by atoms with Crippen LogP contribution in [0.4, 0.5) is 11.5 Å². The molecule has 2 aromatic rings. The molecule has 6 heteroatoms. The van der Waals surface area contributed by atoms with E-state index in [1.54, 1.807) is 0 Å². The number of anilines is 2. The second kappa shape index (κ2) is 5.33. The Morgan fingerprint density at radius 3 is 2.58 bits per heavy atom. The highest BCUT2D eigenvalue weighted by Crippen LogP contribution is 2.30. The summed E-state index contributed by atoms with van der Waals surface area (Å²) in [5, 5.41) is 3.67. The summed E-state index contributed by atoms with van der Waals surface area (Å²) in [4.78, 5) is 7.87. The average Bonchev–Trinajstić information content (AvgIpc) is 2.33. The van der Waals surface area contributed by atoms with Crippen LogP contribution >= 0.6 is 23.2 Å². The average molecular weight is 297 g/mol. The van der Waals surface area contributed by atoms with Crippen LogP contribution in [0.5, 0.6) is 0 Å². The second-order valence-electron chi connectivity index (χ2n) is 4.73. The number of aromatic nitrogens is 2. The van der Waals surface area contributed by atoms with Crippen LogP contribution in [-0.2, 0) is 5.54 Å². The van der Waals surface area contributed by atoms with Crippen LogP contribution < -0.4 is 11.1 Å². The molecule has 0 atom stereocenters. The van der Waals surface area contributed by atoms with Gasteiger partial charge in [0, 0.05) is 11.2 Å². The van der Waals surface area contributed by atoms with Crippen molar-refractivity contribution in [1.82, 2.24) is 9.97 Å². The number of nitrogens with zero attached hydrogens (tertiary/aromatic N) is 2. The van der Waals surface area contributed by atoms with E-state index in [9.17, 15) is 0 Å². The number of rotatable bonds is 3. The summed E-state index contributed by atoms with van der Waals surface area (Å²) < 4.78 is 0. The van der Waals surface area contributed by atoms with Crippen molar-refractivity contribution in [2.45, 2.75) is 19.4 Å². The lowest BCUT2D eigenvalue weighted by Crippen LogP contribution is -2.29. The van der Waals surface area contributed by atoms with Crippen molar-refractivity contribution in [3.63, 3.8) is 0 Å². The highest BCUT2D eigenvalue weighted by Gasteiger charge is 2.18. The van der Waals surface area contributed by atoms with Gasteiger partial charge in [0.2, 0.25) is 5.28 Å². The molecule has 4 nitrogen and oxygen atoms in total. The Morgan fingerprint density at radius 2 is 1.89 bits per heavy atom. The van der Waals surface area contributed by atoms with Crippen molar-refractivity contribution in [3.05, 3.63) is 46.3 Å². The molecule has 0 spiro atoms. The van der Waals surface area contributed by atoms with Crippen LogP contribution in [0.2, 0.25) is 10.3 Å². The monoisotopic (exact) mass is 296 g/mol. The van der Waals surface area contributed by atoms with Crippen LogP contribution in [-0.4, -0.2) is 9.97 Å². The van der Waals surface area contributed by atoms with E-state index in [0.29, 0.717) is 10.8 Å². The Bertz CT molecular complexity index is 593. The van der Waals surface area contributed by atoms with E-state index in [-0.39, 0.29) is 5.28 Å². The SMILES string of the molecule is CC(C)(N)c1ccccc1Nc1nc(Cl)ncc1Cl. The molecule has 1 aromatic carbocycles. The molecule has 19 heavy (non-hydrogen) atoms. The van der Waals surface area contributed by atoms with Gasteiger partial charge in [0.1, 0.15) is 5.02 Å². The first-order chi connectivity index (χ1) is 8.88. The van der Waals surface area contributed by atoms with E-state index in [4.69, 9.17) is 28.9 Å². The lowest BCUT2D eigenvalue weighted by molar-refractivity contribution is 0.556. The normalized spacial score (nSPS) is 11.4. The Hall–Kier alpha value is -1.36. The highest BCUT2D eigenvalue weighted by atomic mass is 35.5. The van der Waals surface area contributed by atoms with Gasteiger partial charge in [-0.05, 0) is 37.1 Å². The van der Waals surface area contributed by atoms with Gasteiger partial charge < -0.3 is 11.1 Å². The molecular weight excluding hydrogens is 283 g/mol. The lowest BCUT2D eigenvalue weighted by atomic mass is 9.94. The van der Waals surface area contributed by atoms with E-state index in [1.165, 1.54) is 6.20 Å². The van der Waals surface area contributed by atoms with Gasteiger partial charge in [-0.3, -0.25) is 0 Å². The molecule has 100 valence electrons. The summed E-state index contributed by atoms with van der Waals surface area (Å²) >= 11 is 11.8. The molecule has 3 N–H and O–H groups in total. The van der Waals surface area contributed by atoms with Gasteiger partial charge in [0.25, 0.3) is 0 Å². The maximum atomic E-state index is 6.15. The summed E-state index contributed by atoms with van der Waals surface area (Å²) in [5.74, 6) is 0.457. The molecule has 1 aromatic heterocycles. The van der Waals surface area contributed by atoms with Crippen LogP contribution in [0.25, 0.3) is 0 Å². The van der Waals surface area contributed by atoms with E-state index in [2.05, 4.69) is 15.3 Å². The predicted molar refractivity (Wildman–Crippen MR) is 79.0 cm³/mol. The van der Waals surface area contributed by atoms with Crippen molar-refractivity contribution in [2.75, 3.05) is 5.32 Å². The molecule has 1 heterocycles. The summed E-state index contributed by atoms with van der Waals surface area (Å²) in [6, 6.07) is 7.72. The fourth-order valence-electron chi connectivity index (χ4n) is 1.71. The van der Waals surface area contributed by atoms with Crippen molar-refractivity contribution in [2.24, 2.45) is 5.73 Å². The molecule has 0 fully saturated rings. The molecule has 2 rings (SSSR count). The molecule has 0 saturated carbocycles. The summed E-state index contributed by atoms with van der Waals surface area (Å²) in [5.41, 5.74) is 7.47. The quantitative estimate of drug-likeness (QED) is 0.847. The minimum Gasteiger partial charge on any atom is -0.339 e. The number of para-hydroxylation sites is 1. The largest absolute Gasteiger partial charge is 0.339 e. The minimum absolute atomic E-state index is 0.136. The number of hydrogen-bond acceptors (Lipinski definition) is 4. The third-order valence-electron chi connectivity index (χ3n) is 2.59. The van der Waals surface area contributed by atoms with Crippen molar-refractivity contribution >= 4 is 34.7 Å². The van der Waals surface area contributed by atoms with Crippen LogP contribution in [0.1, 0.15) is 19.4 Å². The van der Waals surface area contributed by atoms with E-state index < -0.39 is 5.54 Å². The zero-order chi connectivity index (χ0) is 14.0. The molecule has 0 radical (unpaired) electrons. The lowest BCUT2D eigenvalue weighted by Gasteiger charge is -2.23. The van der Waals surface area contributed by atoms with E-state index >= 15 is 0 Å². The van der Waals surface area contributed by atoms with Gasteiger partial charge in [-0.1, -0.05) is 29.8 Å². The Kier molecular flexibility index (Phi) is 3.94. The summed E-state index contributed by atoms with van der Waals surface area (Å²) in [6.07, 6.45) is 1.45. The van der Waals surface area contributed by atoms with Crippen molar-refractivity contribution in [3.8, 4) is 0 Å². The first-order valence-electron chi connectivity index (χ1n) is 5.71. The fraction of sp³-hybridized carbons (Fsp3) is 0.231. The Morgan fingerprint density at radius 1 is 1.21 bits per heavy atom. The molecule has 0 aliphatic rings. The van der Waals surface area contributed by atoms with Crippen molar-refractivity contribution in [1.29, 1.82) is 0 Å². The van der Waals surface area contributed by atoms with Crippen molar-refractivity contribution < 1.29 is 0 Å². The third kappa shape index (κ3) is 3.35. The van der Waals surface area contributed by atoms with Gasteiger partial charge in [-0.25, -0.2) is 4.98 Å². The predicted octanol–water partition coefficient (Wildman–Crippen LogP) is 3.72. The van der Waals surface area contributed by atoms with Crippen LogP contribution in [0, 0.1) is 0 Å². The second-order valence-corrected chi connectivity index (χ2v) is 5.47. The fourth-order valence-corrected chi connectivity index (χ4v) is 1.99. The molecule has 0 amide bonds. The molecule has 0 aliphatic heterocycles. The van der Waals surface area contributed by atoms with Gasteiger partial charge in [0.05, 0.1) is 6.20 Å². The Balaban J connectivity index is 2.41. The molecule has 0 unspecified atom stereocenters. The van der Waals surface area contributed by atoms with Gasteiger partial charge in [0.15, 0.2) is 5.82 Å². The summed E-state index contributed by atoms with van der Waals surface area (Å²) in [7, 11) is 0. The first-order valence-corrected chi connectivity index (χ1v) is 6.47. The first kappa shape index (κ1) is 14.1. The van der Waals surface area contributed by atoms with Gasteiger partial charge in [-0.15, -0.1) is 0 Å². The molecule has 0 bridgehead atoms. The standard InChI is InChI=1S/C13H14Cl2N4/c1-13(2,16)8-5-3-4-6-10(8)18-11-9(14)7-17-12(15)19-11/h3-7H,16H2,1-2H3,(H,17,18,19). The smallest absolute Gasteiger partial charge is 0.224 e. The number of benzene rings is 1. The summed E-state index contributed by atoms with van der Waals surface area (Å²) in [6.45, 7) is 3.87. The number of nitrogens with two attached hydrogens (primary N) is 1. The van der Waals surface area contributed by atoms with Crippen LogP contribution in [0.15, 0.2) is 30.5 Å². The van der Waals surface area contributed by atoms with E-state index in [0.717, 1.165) is 11.3 Å². The molecule has 0 saturated heterocycles. The van der Waals surface area contributed by atoms with Crippen LogP contribution in [0.3, 0.4) is 0 Å². The Labute approximate surface area is 122 Å². The highest BCUT2D eigenvalue weighted by molar-refractivity contribution is 6.33. The third-order valence-corrected chi connectivity index (χ3v) is 3.05. The molecule has 0 aliphatic carbocycles. The number of halogens is 2. The molecular formula is C13H14Cl2N4. The van der Waals surface area contributed by atoms with E-state index in [1.807, 2.05) is 38.1 Å². The maximum Gasteiger partial charge on any atom is 0.224 e. The van der Waals surface area contributed by atoms with Gasteiger partial charge >= 0.3 is 0 Å². The zero-order valence-corrected chi connectivity index (χ0v) is 12.1. The number of hydrogen-bond donors (Lipinski definition) is 2. The maximum absolute atomic E-state index is 6.15. The minimum atomic E-state index is -0.479.